The predicted octanol–water partition coefficient (Wildman–Crippen LogP) is 2.15. The molecule has 3 nitrogen and oxygen atoms in total. The van der Waals surface area contributed by atoms with Crippen molar-refractivity contribution in [3.8, 4) is 0 Å². The topological polar surface area (TPSA) is 38.1 Å². The fourth-order valence-corrected chi connectivity index (χ4v) is 1.43. The molecule has 4 heteroatoms. The summed E-state index contributed by atoms with van der Waals surface area (Å²) in [5.74, 6) is -0.193. The first-order valence-electron chi connectivity index (χ1n) is 5.18. The van der Waals surface area contributed by atoms with Crippen molar-refractivity contribution in [2.45, 2.75) is 13.0 Å². The quantitative estimate of drug-likeness (QED) is 0.784. The maximum absolute atomic E-state index is 12.6. The lowest BCUT2D eigenvalue weighted by Crippen LogP contribution is -2.16. The standard InChI is InChI=1S/C12H13FN2O/c13-12-3-1-10(2-4-12)5-6-14-7-11-8-15-16-9-11/h1-4,8-9,14H,5-7H2. The van der Waals surface area contributed by atoms with Gasteiger partial charge >= 0.3 is 0 Å². The fourth-order valence-electron chi connectivity index (χ4n) is 1.43. The van der Waals surface area contributed by atoms with E-state index in [0.717, 1.165) is 30.6 Å². The van der Waals surface area contributed by atoms with Gasteiger partial charge in [0.15, 0.2) is 0 Å². The van der Waals surface area contributed by atoms with Gasteiger partial charge in [-0.05, 0) is 30.7 Å². The summed E-state index contributed by atoms with van der Waals surface area (Å²) >= 11 is 0. The van der Waals surface area contributed by atoms with Gasteiger partial charge in [0.2, 0.25) is 0 Å². The summed E-state index contributed by atoms with van der Waals surface area (Å²) in [6, 6.07) is 6.57. The van der Waals surface area contributed by atoms with Crippen LogP contribution in [-0.4, -0.2) is 11.7 Å². The Morgan fingerprint density at radius 1 is 1.19 bits per heavy atom. The molecule has 1 heterocycles. The highest BCUT2D eigenvalue weighted by Crippen LogP contribution is 2.03. The van der Waals surface area contributed by atoms with Crippen molar-refractivity contribution in [3.05, 3.63) is 53.7 Å². The predicted molar refractivity (Wildman–Crippen MR) is 58.3 cm³/mol. The summed E-state index contributed by atoms with van der Waals surface area (Å²) in [7, 11) is 0. The molecule has 0 bridgehead atoms. The summed E-state index contributed by atoms with van der Waals surface area (Å²) < 4.78 is 17.3. The van der Waals surface area contributed by atoms with Gasteiger partial charge in [0, 0.05) is 12.1 Å². The molecule has 2 aromatic rings. The highest BCUT2D eigenvalue weighted by molar-refractivity contribution is 5.16. The molecule has 0 amide bonds. The lowest BCUT2D eigenvalue weighted by atomic mass is 10.1. The molecule has 0 aliphatic carbocycles. The van der Waals surface area contributed by atoms with Crippen LogP contribution in [0.4, 0.5) is 4.39 Å². The molecule has 0 aliphatic heterocycles. The number of aromatic nitrogens is 1. The number of nitrogens with one attached hydrogen (secondary N) is 1. The highest BCUT2D eigenvalue weighted by Gasteiger charge is 1.96. The average molecular weight is 220 g/mol. The van der Waals surface area contributed by atoms with E-state index in [1.165, 1.54) is 12.1 Å². The van der Waals surface area contributed by atoms with Gasteiger partial charge in [-0.15, -0.1) is 0 Å². The number of nitrogens with zero attached hydrogens (tertiary/aromatic N) is 1. The third-order valence-corrected chi connectivity index (χ3v) is 2.32. The van der Waals surface area contributed by atoms with Crippen molar-refractivity contribution in [3.63, 3.8) is 0 Å². The van der Waals surface area contributed by atoms with Gasteiger partial charge in [-0.1, -0.05) is 17.3 Å². The maximum Gasteiger partial charge on any atom is 0.128 e. The fraction of sp³-hybridized carbons (Fsp3) is 0.250. The summed E-state index contributed by atoms with van der Waals surface area (Å²) in [6.07, 6.45) is 4.18. The smallest absolute Gasteiger partial charge is 0.128 e. The third-order valence-electron chi connectivity index (χ3n) is 2.32. The van der Waals surface area contributed by atoms with E-state index in [4.69, 9.17) is 4.52 Å². The van der Waals surface area contributed by atoms with Gasteiger partial charge in [0.05, 0.1) is 6.20 Å². The zero-order valence-electron chi connectivity index (χ0n) is 8.82. The van der Waals surface area contributed by atoms with Crippen molar-refractivity contribution in [1.29, 1.82) is 0 Å². The molecule has 84 valence electrons. The molecule has 0 radical (unpaired) electrons. The van der Waals surface area contributed by atoms with Crippen LogP contribution in [0, 0.1) is 5.82 Å². The first kappa shape index (κ1) is 10.8. The van der Waals surface area contributed by atoms with Gasteiger partial charge in [-0.3, -0.25) is 0 Å². The first-order valence-corrected chi connectivity index (χ1v) is 5.18. The van der Waals surface area contributed by atoms with Crippen LogP contribution in [0.3, 0.4) is 0 Å². The zero-order valence-corrected chi connectivity index (χ0v) is 8.82. The molecule has 0 atom stereocenters. The molecule has 0 fully saturated rings. The molecule has 1 aromatic carbocycles. The van der Waals surface area contributed by atoms with E-state index in [2.05, 4.69) is 10.5 Å². The SMILES string of the molecule is Fc1ccc(CCNCc2cnoc2)cc1. The number of hydrogen-bond acceptors (Lipinski definition) is 3. The Balaban J connectivity index is 1.70. The number of rotatable bonds is 5. The van der Waals surface area contributed by atoms with E-state index in [1.54, 1.807) is 24.6 Å². The Morgan fingerprint density at radius 2 is 2.00 bits per heavy atom. The van der Waals surface area contributed by atoms with E-state index < -0.39 is 0 Å². The molecule has 0 unspecified atom stereocenters. The summed E-state index contributed by atoms with van der Waals surface area (Å²) in [4.78, 5) is 0. The van der Waals surface area contributed by atoms with E-state index in [1.807, 2.05) is 0 Å². The van der Waals surface area contributed by atoms with Crippen molar-refractivity contribution >= 4 is 0 Å². The van der Waals surface area contributed by atoms with E-state index >= 15 is 0 Å². The molecule has 1 aromatic heterocycles. The summed E-state index contributed by atoms with van der Waals surface area (Å²) in [5.41, 5.74) is 2.15. The van der Waals surface area contributed by atoms with Crippen LogP contribution in [0.1, 0.15) is 11.1 Å². The van der Waals surface area contributed by atoms with E-state index in [0.29, 0.717) is 0 Å². The molecule has 1 N–H and O–H groups in total. The molecule has 0 saturated heterocycles. The molecule has 0 saturated carbocycles. The maximum atomic E-state index is 12.6. The van der Waals surface area contributed by atoms with Crippen LogP contribution in [-0.2, 0) is 13.0 Å². The average Bonchev–Trinajstić information content (AvgIpc) is 2.80. The highest BCUT2D eigenvalue weighted by atomic mass is 19.1. The lowest BCUT2D eigenvalue weighted by Gasteiger charge is -2.02. The Bertz CT molecular complexity index is 411. The summed E-state index contributed by atoms with van der Waals surface area (Å²) in [6.45, 7) is 1.58. The Kier molecular flexibility index (Phi) is 3.66. The van der Waals surface area contributed by atoms with E-state index in [9.17, 15) is 4.39 Å². The summed E-state index contributed by atoms with van der Waals surface area (Å²) in [5, 5.41) is 6.87. The normalized spacial score (nSPS) is 10.6. The van der Waals surface area contributed by atoms with Gasteiger partial charge in [-0.25, -0.2) is 4.39 Å². The zero-order chi connectivity index (χ0) is 11.2. The first-order chi connectivity index (χ1) is 7.84. The van der Waals surface area contributed by atoms with Crippen LogP contribution in [0.25, 0.3) is 0 Å². The van der Waals surface area contributed by atoms with Gasteiger partial charge in [0.1, 0.15) is 12.1 Å². The second kappa shape index (κ2) is 5.42. The van der Waals surface area contributed by atoms with Crippen LogP contribution in [0.5, 0.6) is 0 Å². The van der Waals surface area contributed by atoms with Gasteiger partial charge in [-0.2, -0.15) is 0 Å². The van der Waals surface area contributed by atoms with Gasteiger partial charge in [0.25, 0.3) is 0 Å². The third kappa shape index (κ3) is 3.17. The molecule has 16 heavy (non-hydrogen) atoms. The van der Waals surface area contributed by atoms with Crippen LogP contribution >= 0.6 is 0 Å². The molecule has 0 spiro atoms. The molecular formula is C12H13FN2O. The number of benzene rings is 1. The number of hydrogen-bond donors (Lipinski definition) is 1. The minimum Gasteiger partial charge on any atom is -0.364 e. The Labute approximate surface area is 93.3 Å². The largest absolute Gasteiger partial charge is 0.364 e. The lowest BCUT2D eigenvalue weighted by molar-refractivity contribution is 0.418. The van der Waals surface area contributed by atoms with Gasteiger partial charge < -0.3 is 9.84 Å². The molecule has 0 aliphatic rings. The van der Waals surface area contributed by atoms with Crippen LogP contribution < -0.4 is 5.32 Å². The Hall–Kier alpha value is -1.68. The molecular weight excluding hydrogens is 207 g/mol. The minimum absolute atomic E-state index is 0.193. The monoisotopic (exact) mass is 220 g/mol. The van der Waals surface area contributed by atoms with E-state index in [-0.39, 0.29) is 5.82 Å². The molecule has 2 rings (SSSR count). The van der Waals surface area contributed by atoms with Crippen molar-refractivity contribution < 1.29 is 8.91 Å². The van der Waals surface area contributed by atoms with Crippen molar-refractivity contribution in [1.82, 2.24) is 10.5 Å². The minimum atomic E-state index is -0.193. The van der Waals surface area contributed by atoms with Crippen molar-refractivity contribution in [2.24, 2.45) is 0 Å². The van der Waals surface area contributed by atoms with Crippen LogP contribution in [0.2, 0.25) is 0 Å². The Morgan fingerprint density at radius 3 is 2.69 bits per heavy atom. The second-order valence-corrected chi connectivity index (χ2v) is 3.59. The second-order valence-electron chi connectivity index (χ2n) is 3.59. The van der Waals surface area contributed by atoms with Crippen molar-refractivity contribution in [2.75, 3.05) is 6.54 Å². The number of halogens is 1. The van der Waals surface area contributed by atoms with Crippen LogP contribution in [0.15, 0.2) is 41.2 Å².